The Kier molecular flexibility index (Phi) is 6.92. The Labute approximate surface area is 146 Å². The van der Waals surface area contributed by atoms with Crippen LogP contribution in [0, 0.1) is 0 Å². The highest BCUT2D eigenvalue weighted by atomic mass is 19.4. The summed E-state index contributed by atoms with van der Waals surface area (Å²) in [4.78, 5) is 6.73. The molecule has 0 bridgehead atoms. The Hall–Kier alpha value is -1.96. The summed E-state index contributed by atoms with van der Waals surface area (Å²) in [5, 5.41) is 2.86. The average Bonchev–Trinajstić information content (AvgIpc) is 2.54. The topological polar surface area (TPSA) is 62.9 Å². The quantitative estimate of drug-likeness (QED) is 0.464. The number of likely N-dealkylation sites (tertiary alicyclic amines) is 1. The van der Waals surface area contributed by atoms with Crippen molar-refractivity contribution < 1.29 is 17.9 Å². The van der Waals surface area contributed by atoms with Gasteiger partial charge in [0.15, 0.2) is 5.96 Å². The first-order valence-electron chi connectivity index (χ1n) is 8.50. The number of nitrogens with two attached hydrogens (primary N) is 1. The van der Waals surface area contributed by atoms with Crippen molar-refractivity contribution in [3.05, 3.63) is 24.3 Å². The lowest BCUT2D eigenvalue weighted by Crippen LogP contribution is -2.38. The number of halogens is 3. The largest absolute Gasteiger partial charge is 0.573 e. The molecule has 1 aromatic rings. The van der Waals surface area contributed by atoms with Gasteiger partial charge in [-0.1, -0.05) is 6.42 Å². The van der Waals surface area contributed by atoms with Gasteiger partial charge in [0.2, 0.25) is 0 Å². The normalized spacial score (nSPS) is 19.7. The van der Waals surface area contributed by atoms with Crippen LogP contribution in [0.1, 0.15) is 32.6 Å². The number of hydrogen-bond acceptors (Lipinski definition) is 3. The summed E-state index contributed by atoms with van der Waals surface area (Å²) in [5.74, 6) is -0.0274. The van der Waals surface area contributed by atoms with E-state index in [4.69, 9.17) is 5.73 Å². The minimum Gasteiger partial charge on any atom is -0.406 e. The number of benzene rings is 1. The number of guanidine groups is 1. The Morgan fingerprint density at radius 1 is 1.32 bits per heavy atom. The SMILES string of the molecule is CC1CCCCN1CCCN=C(N)Nc1ccc(OC(F)(F)F)cc1. The molecule has 1 aliphatic rings. The van der Waals surface area contributed by atoms with Crippen LogP contribution < -0.4 is 15.8 Å². The van der Waals surface area contributed by atoms with E-state index in [2.05, 4.69) is 26.9 Å². The molecule has 1 saturated heterocycles. The number of piperidine rings is 1. The van der Waals surface area contributed by atoms with Crippen molar-refractivity contribution in [2.45, 2.75) is 45.0 Å². The van der Waals surface area contributed by atoms with Gasteiger partial charge in [0, 0.05) is 24.8 Å². The first-order valence-corrected chi connectivity index (χ1v) is 8.50. The van der Waals surface area contributed by atoms with Crippen LogP contribution in [0.25, 0.3) is 0 Å². The number of anilines is 1. The lowest BCUT2D eigenvalue weighted by molar-refractivity contribution is -0.274. The summed E-state index contributed by atoms with van der Waals surface area (Å²) in [6.07, 6.45) is 0.0399. The first-order chi connectivity index (χ1) is 11.8. The summed E-state index contributed by atoms with van der Waals surface area (Å²) < 4.78 is 40.1. The minimum atomic E-state index is -4.69. The zero-order chi connectivity index (χ0) is 18.3. The van der Waals surface area contributed by atoms with E-state index in [1.807, 2.05) is 0 Å². The molecule has 1 aromatic carbocycles. The van der Waals surface area contributed by atoms with E-state index in [9.17, 15) is 13.2 Å². The minimum absolute atomic E-state index is 0.246. The molecule has 140 valence electrons. The summed E-state index contributed by atoms with van der Waals surface area (Å²) in [6.45, 7) is 5.01. The van der Waals surface area contributed by atoms with Crippen LogP contribution in [-0.2, 0) is 0 Å². The molecule has 0 radical (unpaired) electrons. The third-order valence-corrected chi connectivity index (χ3v) is 4.19. The lowest BCUT2D eigenvalue weighted by Gasteiger charge is -2.33. The van der Waals surface area contributed by atoms with Gasteiger partial charge in [-0.3, -0.25) is 4.99 Å². The summed E-state index contributed by atoms with van der Waals surface area (Å²) >= 11 is 0. The number of nitrogens with zero attached hydrogens (tertiary/aromatic N) is 2. The summed E-state index contributed by atoms with van der Waals surface area (Å²) in [6, 6.07) is 5.99. The molecule has 3 N–H and O–H groups in total. The molecule has 0 spiro atoms. The maximum atomic E-state index is 12.1. The highest BCUT2D eigenvalue weighted by molar-refractivity contribution is 5.92. The Bertz CT molecular complexity index is 560. The number of nitrogens with one attached hydrogen (secondary N) is 1. The molecule has 0 amide bonds. The third kappa shape index (κ3) is 7.21. The van der Waals surface area contributed by atoms with Crippen molar-refractivity contribution in [1.29, 1.82) is 0 Å². The highest BCUT2D eigenvalue weighted by Gasteiger charge is 2.30. The van der Waals surface area contributed by atoms with E-state index in [0.29, 0.717) is 18.3 Å². The van der Waals surface area contributed by atoms with Crippen molar-refractivity contribution >= 4 is 11.6 Å². The number of aliphatic imine (C=N–C) groups is 1. The smallest absolute Gasteiger partial charge is 0.406 e. The van der Waals surface area contributed by atoms with Crippen molar-refractivity contribution in [3.63, 3.8) is 0 Å². The van der Waals surface area contributed by atoms with Gasteiger partial charge in [-0.05, 0) is 57.0 Å². The zero-order valence-electron chi connectivity index (χ0n) is 14.4. The van der Waals surface area contributed by atoms with E-state index in [1.54, 1.807) is 0 Å². The molecule has 1 aliphatic heterocycles. The fourth-order valence-electron chi connectivity index (χ4n) is 2.89. The average molecular weight is 358 g/mol. The van der Waals surface area contributed by atoms with Gasteiger partial charge in [0.1, 0.15) is 5.75 Å². The van der Waals surface area contributed by atoms with E-state index < -0.39 is 6.36 Å². The van der Waals surface area contributed by atoms with Gasteiger partial charge in [-0.2, -0.15) is 0 Å². The molecule has 1 unspecified atom stereocenters. The number of ether oxygens (including phenoxy) is 1. The maximum Gasteiger partial charge on any atom is 0.573 e. The Balaban J connectivity index is 1.73. The van der Waals surface area contributed by atoms with Crippen LogP contribution in [-0.4, -0.2) is 42.9 Å². The molecule has 1 fully saturated rings. The molecule has 5 nitrogen and oxygen atoms in total. The standard InChI is InChI=1S/C17H25F3N4O/c1-13-5-2-3-11-24(13)12-4-10-22-16(21)23-14-6-8-15(9-7-14)25-17(18,19)20/h6-9,13H,2-5,10-12H2,1H3,(H3,21,22,23). The first kappa shape index (κ1) is 19.4. The second-order valence-electron chi connectivity index (χ2n) is 6.20. The van der Waals surface area contributed by atoms with Crippen LogP contribution in [0.15, 0.2) is 29.3 Å². The third-order valence-electron chi connectivity index (χ3n) is 4.19. The molecule has 8 heteroatoms. The maximum absolute atomic E-state index is 12.1. The molecule has 0 aromatic heterocycles. The van der Waals surface area contributed by atoms with Crippen LogP contribution in [0.2, 0.25) is 0 Å². The number of alkyl halides is 3. The van der Waals surface area contributed by atoms with E-state index >= 15 is 0 Å². The van der Waals surface area contributed by atoms with Gasteiger partial charge < -0.3 is 20.7 Å². The van der Waals surface area contributed by atoms with Crippen LogP contribution in [0.5, 0.6) is 5.75 Å². The van der Waals surface area contributed by atoms with Crippen molar-refractivity contribution in [1.82, 2.24) is 4.90 Å². The summed E-state index contributed by atoms with van der Waals surface area (Å²) in [7, 11) is 0. The van der Waals surface area contributed by atoms with E-state index in [1.165, 1.54) is 43.5 Å². The van der Waals surface area contributed by atoms with Crippen LogP contribution in [0.3, 0.4) is 0 Å². The Morgan fingerprint density at radius 2 is 2.04 bits per heavy atom. The van der Waals surface area contributed by atoms with E-state index in [-0.39, 0.29) is 11.7 Å². The highest BCUT2D eigenvalue weighted by Crippen LogP contribution is 2.23. The fraction of sp³-hybridized carbons (Fsp3) is 0.588. The number of hydrogen-bond donors (Lipinski definition) is 2. The van der Waals surface area contributed by atoms with Gasteiger partial charge in [-0.25, -0.2) is 0 Å². The predicted octanol–water partition coefficient (Wildman–Crippen LogP) is 3.58. The molecule has 2 rings (SSSR count). The van der Waals surface area contributed by atoms with Gasteiger partial charge in [-0.15, -0.1) is 13.2 Å². The van der Waals surface area contributed by atoms with Crippen molar-refractivity contribution in [2.75, 3.05) is 25.0 Å². The molecular weight excluding hydrogens is 333 g/mol. The monoisotopic (exact) mass is 358 g/mol. The van der Waals surface area contributed by atoms with Crippen LogP contribution in [0.4, 0.5) is 18.9 Å². The summed E-state index contributed by atoms with van der Waals surface area (Å²) in [5.41, 5.74) is 6.36. The molecule has 25 heavy (non-hydrogen) atoms. The second kappa shape index (κ2) is 8.94. The van der Waals surface area contributed by atoms with Crippen molar-refractivity contribution in [3.8, 4) is 5.75 Å². The lowest BCUT2D eigenvalue weighted by atomic mass is 10.0. The molecule has 1 heterocycles. The Morgan fingerprint density at radius 3 is 2.68 bits per heavy atom. The number of rotatable bonds is 6. The van der Waals surface area contributed by atoms with Gasteiger partial charge in [0.05, 0.1) is 0 Å². The molecule has 0 aliphatic carbocycles. The molecule has 0 saturated carbocycles. The van der Waals surface area contributed by atoms with Crippen LogP contribution >= 0.6 is 0 Å². The van der Waals surface area contributed by atoms with Gasteiger partial charge >= 0.3 is 6.36 Å². The van der Waals surface area contributed by atoms with Crippen molar-refractivity contribution in [2.24, 2.45) is 10.7 Å². The molecular formula is C17H25F3N4O. The second-order valence-corrected chi connectivity index (χ2v) is 6.20. The van der Waals surface area contributed by atoms with Gasteiger partial charge in [0.25, 0.3) is 0 Å². The molecule has 1 atom stereocenters. The zero-order valence-corrected chi connectivity index (χ0v) is 14.4. The van der Waals surface area contributed by atoms with E-state index in [0.717, 1.165) is 19.5 Å². The predicted molar refractivity (Wildman–Crippen MR) is 92.7 cm³/mol. The fourth-order valence-corrected chi connectivity index (χ4v) is 2.89.